The van der Waals surface area contributed by atoms with Gasteiger partial charge in [0.2, 0.25) is 0 Å². The Morgan fingerprint density at radius 1 is 0.957 bits per heavy atom. The van der Waals surface area contributed by atoms with Crippen molar-refractivity contribution in [3.8, 4) is 21.8 Å². The number of hydrogen-bond acceptors (Lipinski definition) is 3. The van der Waals surface area contributed by atoms with Crippen LogP contribution in [0.3, 0.4) is 0 Å². The third-order valence-corrected chi connectivity index (χ3v) is 4.83. The summed E-state index contributed by atoms with van der Waals surface area (Å²) in [4.78, 5) is 16.5. The van der Waals surface area contributed by atoms with Gasteiger partial charge in [-0.1, -0.05) is 47.5 Å². The molecule has 0 saturated carbocycles. The summed E-state index contributed by atoms with van der Waals surface area (Å²) in [7, 11) is 0. The number of carboxylic acids is 1. The average molecular weight is 364 g/mol. The highest BCUT2D eigenvalue weighted by molar-refractivity contribution is 7.15. The molecule has 1 heterocycles. The fourth-order valence-electron chi connectivity index (χ4n) is 2.16. The molecule has 1 aromatic heterocycles. The molecule has 3 rings (SSSR count). The highest BCUT2D eigenvalue weighted by atomic mass is 35.5. The number of rotatable bonds is 4. The predicted molar refractivity (Wildman–Crippen MR) is 94.3 cm³/mol. The quantitative estimate of drug-likeness (QED) is 0.673. The van der Waals surface area contributed by atoms with Crippen LogP contribution in [0.1, 0.15) is 4.88 Å². The molecule has 116 valence electrons. The van der Waals surface area contributed by atoms with Gasteiger partial charge in [-0.25, -0.2) is 4.98 Å². The summed E-state index contributed by atoms with van der Waals surface area (Å²) >= 11 is 13.2. The van der Waals surface area contributed by atoms with E-state index in [1.165, 1.54) is 11.3 Å². The number of carboxylic acid groups (broad SMARTS) is 1. The van der Waals surface area contributed by atoms with Crippen molar-refractivity contribution in [3.05, 3.63) is 63.5 Å². The molecule has 0 atom stereocenters. The van der Waals surface area contributed by atoms with E-state index in [0.29, 0.717) is 20.6 Å². The molecule has 0 bridgehead atoms. The minimum Gasteiger partial charge on any atom is -0.481 e. The summed E-state index contributed by atoms with van der Waals surface area (Å²) in [6.45, 7) is 0. The first-order valence-electron chi connectivity index (χ1n) is 6.76. The Hall–Kier alpha value is -1.88. The summed E-state index contributed by atoms with van der Waals surface area (Å²) in [5, 5.41) is 11.2. The summed E-state index contributed by atoms with van der Waals surface area (Å²) < 4.78 is 0. The topological polar surface area (TPSA) is 50.2 Å². The maximum atomic E-state index is 11.1. The van der Waals surface area contributed by atoms with Crippen LogP contribution in [0.5, 0.6) is 0 Å². The van der Waals surface area contributed by atoms with Crippen molar-refractivity contribution in [2.75, 3.05) is 0 Å². The van der Waals surface area contributed by atoms with Crippen LogP contribution in [0.2, 0.25) is 10.0 Å². The van der Waals surface area contributed by atoms with E-state index in [9.17, 15) is 4.79 Å². The van der Waals surface area contributed by atoms with Gasteiger partial charge in [0.05, 0.1) is 12.1 Å². The number of nitrogens with zero attached hydrogens (tertiary/aromatic N) is 1. The lowest BCUT2D eigenvalue weighted by Gasteiger charge is -2.00. The van der Waals surface area contributed by atoms with Crippen LogP contribution in [-0.2, 0) is 11.2 Å². The number of halogens is 2. The molecule has 0 aliphatic heterocycles. The van der Waals surface area contributed by atoms with E-state index in [0.717, 1.165) is 16.1 Å². The van der Waals surface area contributed by atoms with Gasteiger partial charge in [0.25, 0.3) is 0 Å². The molecular formula is C17H11Cl2NO2S. The lowest BCUT2D eigenvalue weighted by molar-refractivity contribution is -0.136. The lowest BCUT2D eigenvalue weighted by Crippen LogP contribution is -1.99. The Morgan fingerprint density at radius 3 is 2.00 bits per heavy atom. The molecule has 0 aliphatic carbocycles. The van der Waals surface area contributed by atoms with Crippen LogP contribution in [-0.4, -0.2) is 16.1 Å². The van der Waals surface area contributed by atoms with Crippen molar-refractivity contribution in [2.24, 2.45) is 0 Å². The summed E-state index contributed by atoms with van der Waals surface area (Å²) in [5.74, 6) is -0.883. The van der Waals surface area contributed by atoms with Crippen LogP contribution < -0.4 is 0 Å². The second-order valence-corrected chi connectivity index (χ2v) is 6.83. The maximum absolute atomic E-state index is 11.1. The van der Waals surface area contributed by atoms with E-state index in [1.807, 2.05) is 24.3 Å². The first-order chi connectivity index (χ1) is 11.0. The smallest absolute Gasteiger partial charge is 0.308 e. The number of carbonyl (C=O) groups is 1. The van der Waals surface area contributed by atoms with Gasteiger partial charge in [-0.15, -0.1) is 11.3 Å². The normalized spacial score (nSPS) is 10.7. The zero-order chi connectivity index (χ0) is 16.4. The number of aromatic nitrogens is 1. The van der Waals surface area contributed by atoms with Crippen LogP contribution in [0, 0.1) is 0 Å². The highest BCUT2D eigenvalue weighted by Crippen LogP contribution is 2.35. The van der Waals surface area contributed by atoms with Gasteiger partial charge >= 0.3 is 5.97 Å². The van der Waals surface area contributed by atoms with E-state index >= 15 is 0 Å². The first-order valence-corrected chi connectivity index (χ1v) is 8.33. The minimum absolute atomic E-state index is 0.0663. The number of thiazole rings is 1. The highest BCUT2D eigenvalue weighted by Gasteiger charge is 2.16. The molecule has 0 spiro atoms. The standard InChI is InChI=1S/C17H11Cl2NO2S/c18-12-5-1-10(2-6-12)16-14(9-15(21)22)23-17(20-16)11-3-7-13(19)8-4-11/h1-8H,9H2,(H,21,22). The molecule has 0 unspecified atom stereocenters. The third kappa shape index (κ3) is 3.72. The van der Waals surface area contributed by atoms with Gasteiger partial charge in [-0.2, -0.15) is 0 Å². The molecule has 23 heavy (non-hydrogen) atoms. The van der Waals surface area contributed by atoms with Gasteiger partial charge in [-0.3, -0.25) is 4.79 Å². The second kappa shape index (κ2) is 6.71. The van der Waals surface area contributed by atoms with Crippen molar-refractivity contribution in [3.63, 3.8) is 0 Å². The Labute approximate surface area is 147 Å². The monoisotopic (exact) mass is 363 g/mol. The zero-order valence-corrected chi connectivity index (χ0v) is 14.1. The molecule has 6 heteroatoms. The molecule has 0 saturated heterocycles. The van der Waals surface area contributed by atoms with E-state index in [-0.39, 0.29) is 6.42 Å². The second-order valence-electron chi connectivity index (χ2n) is 4.88. The number of benzene rings is 2. The molecule has 3 aromatic rings. The number of hydrogen-bond donors (Lipinski definition) is 1. The fourth-order valence-corrected chi connectivity index (χ4v) is 3.49. The third-order valence-electron chi connectivity index (χ3n) is 3.22. The van der Waals surface area contributed by atoms with Crippen LogP contribution >= 0.6 is 34.5 Å². The van der Waals surface area contributed by atoms with Crippen molar-refractivity contribution in [1.29, 1.82) is 0 Å². The van der Waals surface area contributed by atoms with E-state index < -0.39 is 5.97 Å². The molecule has 0 amide bonds. The molecule has 3 nitrogen and oxygen atoms in total. The summed E-state index contributed by atoms with van der Waals surface area (Å²) in [6.07, 6.45) is -0.0663. The van der Waals surface area contributed by atoms with E-state index in [2.05, 4.69) is 4.98 Å². The Kier molecular flexibility index (Phi) is 4.66. The molecule has 0 aliphatic rings. The molecule has 1 N–H and O–H groups in total. The molecular weight excluding hydrogens is 353 g/mol. The van der Waals surface area contributed by atoms with Crippen molar-refractivity contribution in [1.82, 2.24) is 4.98 Å². The maximum Gasteiger partial charge on any atom is 0.308 e. The van der Waals surface area contributed by atoms with Gasteiger partial charge < -0.3 is 5.11 Å². The van der Waals surface area contributed by atoms with Gasteiger partial charge in [0.1, 0.15) is 5.01 Å². The van der Waals surface area contributed by atoms with Crippen molar-refractivity contribution < 1.29 is 9.90 Å². The van der Waals surface area contributed by atoms with Crippen molar-refractivity contribution >= 4 is 40.5 Å². The van der Waals surface area contributed by atoms with Crippen molar-refractivity contribution in [2.45, 2.75) is 6.42 Å². The van der Waals surface area contributed by atoms with Crippen LogP contribution in [0.15, 0.2) is 48.5 Å². The number of aliphatic carboxylic acids is 1. The SMILES string of the molecule is O=C(O)Cc1sc(-c2ccc(Cl)cc2)nc1-c1ccc(Cl)cc1. The molecule has 2 aromatic carbocycles. The lowest BCUT2D eigenvalue weighted by atomic mass is 10.1. The summed E-state index contributed by atoms with van der Waals surface area (Å²) in [5.41, 5.74) is 2.44. The van der Waals surface area contributed by atoms with Gasteiger partial charge in [0, 0.05) is 26.0 Å². The van der Waals surface area contributed by atoms with E-state index in [1.54, 1.807) is 24.3 Å². The van der Waals surface area contributed by atoms with Crippen LogP contribution in [0.4, 0.5) is 0 Å². The summed E-state index contributed by atoms with van der Waals surface area (Å²) in [6, 6.07) is 14.5. The zero-order valence-electron chi connectivity index (χ0n) is 11.8. The average Bonchev–Trinajstić information content (AvgIpc) is 2.92. The predicted octanol–water partition coefficient (Wildman–Crippen LogP) is 5.41. The minimum atomic E-state index is -0.883. The Morgan fingerprint density at radius 2 is 1.48 bits per heavy atom. The van der Waals surface area contributed by atoms with Gasteiger partial charge in [0.15, 0.2) is 0 Å². The van der Waals surface area contributed by atoms with Crippen LogP contribution in [0.25, 0.3) is 21.8 Å². The first kappa shape index (κ1) is 16.0. The molecule has 0 fully saturated rings. The Bertz CT molecular complexity index is 842. The van der Waals surface area contributed by atoms with Gasteiger partial charge in [-0.05, 0) is 24.3 Å². The van der Waals surface area contributed by atoms with E-state index in [4.69, 9.17) is 28.3 Å². The molecule has 0 radical (unpaired) electrons. The Balaban J connectivity index is 2.08. The largest absolute Gasteiger partial charge is 0.481 e. The fraction of sp³-hybridized carbons (Fsp3) is 0.0588.